The summed E-state index contributed by atoms with van der Waals surface area (Å²) >= 11 is 0. The van der Waals surface area contributed by atoms with Crippen molar-refractivity contribution in [3.63, 3.8) is 0 Å². The molecule has 3 aromatic carbocycles. The lowest BCUT2D eigenvalue weighted by molar-refractivity contribution is -0.122. The molecule has 0 radical (unpaired) electrons. The fourth-order valence-corrected chi connectivity index (χ4v) is 6.04. The van der Waals surface area contributed by atoms with E-state index in [1.54, 1.807) is 43.3 Å². The van der Waals surface area contributed by atoms with E-state index in [1.807, 2.05) is 25.1 Å². The van der Waals surface area contributed by atoms with Gasteiger partial charge in [-0.15, -0.1) is 0 Å². The van der Waals surface area contributed by atoms with Crippen LogP contribution in [0.5, 0.6) is 5.75 Å². The molecule has 8 nitrogen and oxygen atoms in total. The van der Waals surface area contributed by atoms with Gasteiger partial charge in [0, 0.05) is 17.3 Å². The van der Waals surface area contributed by atoms with Crippen molar-refractivity contribution in [1.29, 1.82) is 0 Å². The molecule has 0 saturated heterocycles. The number of hydrogen-bond acceptors (Lipinski definition) is 5. The summed E-state index contributed by atoms with van der Waals surface area (Å²) in [4.78, 5) is 24.8. The molecule has 0 saturated carbocycles. The molecule has 174 valence electrons. The van der Waals surface area contributed by atoms with Crippen molar-refractivity contribution >= 4 is 38.9 Å². The number of amides is 2. The molecule has 0 bridgehead atoms. The maximum Gasteiger partial charge on any atom is 0.265 e. The van der Waals surface area contributed by atoms with Crippen LogP contribution in [0.4, 0.5) is 17.1 Å². The molecule has 0 fully saturated rings. The van der Waals surface area contributed by atoms with E-state index in [-0.39, 0.29) is 22.4 Å². The van der Waals surface area contributed by atoms with Crippen LogP contribution in [0.25, 0.3) is 0 Å². The third-order valence-electron chi connectivity index (χ3n) is 5.97. The SMILES string of the molecule is C[C@@H]1Cc2ccccc2N1S(=O)(=O)c1cccc(C(=O)Nc2ccc3c(c2)NC(=O)[C@@H](C)O3)c1. The van der Waals surface area contributed by atoms with Crippen LogP contribution in [0.1, 0.15) is 29.8 Å². The predicted octanol–water partition coefficient (Wildman–Crippen LogP) is 3.80. The summed E-state index contributed by atoms with van der Waals surface area (Å²) in [6.45, 7) is 3.52. The van der Waals surface area contributed by atoms with Gasteiger partial charge in [0.2, 0.25) is 0 Å². The van der Waals surface area contributed by atoms with Crippen LogP contribution in [0.2, 0.25) is 0 Å². The van der Waals surface area contributed by atoms with Crippen LogP contribution in [0, 0.1) is 0 Å². The zero-order chi connectivity index (χ0) is 24.0. The van der Waals surface area contributed by atoms with E-state index in [9.17, 15) is 18.0 Å². The molecule has 2 amide bonds. The van der Waals surface area contributed by atoms with E-state index in [0.717, 1.165) is 5.56 Å². The van der Waals surface area contributed by atoms with Crippen molar-refractivity contribution in [3.05, 3.63) is 77.9 Å². The Kier molecular flexibility index (Phi) is 5.28. The molecule has 0 unspecified atom stereocenters. The summed E-state index contributed by atoms with van der Waals surface area (Å²) < 4.78 is 33.9. The molecule has 2 atom stereocenters. The van der Waals surface area contributed by atoms with E-state index in [2.05, 4.69) is 10.6 Å². The van der Waals surface area contributed by atoms with Gasteiger partial charge in [-0.05, 0) is 68.3 Å². The van der Waals surface area contributed by atoms with E-state index >= 15 is 0 Å². The highest BCUT2D eigenvalue weighted by Gasteiger charge is 2.36. The normalized spacial score (nSPS) is 19.0. The number of carbonyl (C=O) groups is 2. The number of benzene rings is 3. The smallest absolute Gasteiger partial charge is 0.265 e. The number of para-hydroxylation sites is 1. The summed E-state index contributed by atoms with van der Waals surface area (Å²) in [5.74, 6) is -0.229. The molecule has 5 rings (SSSR count). The molecule has 2 aliphatic heterocycles. The summed E-state index contributed by atoms with van der Waals surface area (Å²) in [7, 11) is -3.86. The molecular formula is C25H23N3O5S. The van der Waals surface area contributed by atoms with Crippen LogP contribution in [0.15, 0.2) is 71.6 Å². The Morgan fingerprint density at radius 3 is 2.68 bits per heavy atom. The molecule has 2 heterocycles. The number of rotatable bonds is 4. The zero-order valence-electron chi connectivity index (χ0n) is 18.6. The molecule has 0 aromatic heterocycles. The Bertz CT molecular complexity index is 1420. The highest BCUT2D eigenvalue weighted by atomic mass is 32.2. The second-order valence-electron chi connectivity index (χ2n) is 8.42. The van der Waals surface area contributed by atoms with Crippen molar-refractivity contribution in [2.75, 3.05) is 14.9 Å². The van der Waals surface area contributed by atoms with Gasteiger partial charge in [0.15, 0.2) is 6.10 Å². The van der Waals surface area contributed by atoms with E-state index in [1.165, 1.54) is 16.4 Å². The summed E-state index contributed by atoms with van der Waals surface area (Å²) in [5, 5.41) is 5.49. The Morgan fingerprint density at radius 2 is 1.85 bits per heavy atom. The number of carbonyl (C=O) groups excluding carboxylic acids is 2. The standard InChI is InChI=1S/C25H23N3O5S/c1-15-12-17-6-3-4-9-22(17)28(15)34(31,32)20-8-5-7-18(13-20)25(30)26-19-10-11-23-21(14-19)27-24(29)16(2)33-23/h3-11,13-16H,12H2,1-2H3,(H,26,30)(H,27,29)/t15-,16-/m1/s1. The van der Waals surface area contributed by atoms with Crippen molar-refractivity contribution in [2.24, 2.45) is 0 Å². The average molecular weight is 478 g/mol. The Morgan fingerprint density at radius 1 is 1.06 bits per heavy atom. The van der Waals surface area contributed by atoms with Gasteiger partial charge in [-0.3, -0.25) is 13.9 Å². The molecule has 34 heavy (non-hydrogen) atoms. The van der Waals surface area contributed by atoms with Crippen molar-refractivity contribution in [2.45, 2.75) is 37.3 Å². The van der Waals surface area contributed by atoms with Crippen LogP contribution >= 0.6 is 0 Å². The van der Waals surface area contributed by atoms with Gasteiger partial charge in [-0.2, -0.15) is 0 Å². The minimum Gasteiger partial charge on any atom is -0.479 e. The minimum atomic E-state index is -3.86. The van der Waals surface area contributed by atoms with Crippen LogP contribution in [0.3, 0.4) is 0 Å². The summed E-state index contributed by atoms with van der Waals surface area (Å²) in [5.41, 5.74) is 2.74. The number of nitrogens with one attached hydrogen (secondary N) is 2. The fraction of sp³-hybridized carbons (Fsp3) is 0.200. The van der Waals surface area contributed by atoms with Crippen LogP contribution in [-0.4, -0.2) is 32.4 Å². The number of ether oxygens (including phenoxy) is 1. The number of anilines is 3. The van der Waals surface area contributed by atoms with Crippen molar-refractivity contribution in [3.8, 4) is 5.75 Å². The highest BCUT2D eigenvalue weighted by Crippen LogP contribution is 2.37. The molecule has 9 heteroatoms. The van der Waals surface area contributed by atoms with Crippen molar-refractivity contribution < 1.29 is 22.7 Å². The van der Waals surface area contributed by atoms with E-state index in [0.29, 0.717) is 29.2 Å². The lowest BCUT2D eigenvalue weighted by Crippen LogP contribution is -2.35. The van der Waals surface area contributed by atoms with Gasteiger partial charge in [-0.1, -0.05) is 24.3 Å². The Labute approximate surface area is 197 Å². The van der Waals surface area contributed by atoms with E-state index in [4.69, 9.17) is 4.74 Å². The average Bonchev–Trinajstić information content (AvgIpc) is 3.16. The first-order valence-electron chi connectivity index (χ1n) is 10.9. The second-order valence-corrected chi connectivity index (χ2v) is 10.2. The first-order chi connectivity index (χ1) is 16.2. The number of hydrogen-bond donors (Lipinski definition) is 2. The van der Waals surface area contributed by atoms with Gasteiger partial charge in [0.05, 0.1) is 16.3 Å². The number of sulfonamides is 1. The van der Waals surface area contributed by atoms with Crippen molar-refractivity contribution in [1.82, 2.24) is 0 Å². The lowest BCUT2D eigenvalue weighted by atomic mass is 10.1. The molecular weight excluding hydrogens is 454 g/mol. The van der Waals surface area contributed by atoms with Gasteiger partial charge in [-0.25, -0.2) is 8.42 Å². The first-order valence-corrected chi connectivity index (χ1v) is 12.3. The largest absolute Gasteiger partial charge is 0.479 e. The Balaban J connectivity index is 1.40. The number of fused-ring (bicyclic) bond motifs is 2. The summed E-state index contributed by atoms with van der Waals surface area (Å²) in [6.07, 6.45) is 0.0374. The van der Waals surface area contributed by atoms with Gasteiger partial charge in [0.25, 0.3) is 21.8 Å². The fourth-order valence-electron chi connectivity index (χ4n) is 4.30. The maximum absolute atomic E-state index is 13.5. The van der Waals surface area contributed by atoms with Gasteiger partial charge in [0.1, 0.15) is 5.75 Å². The topological polar surface area (TPSA) is 105 Å². The molecule has 2 N–H and O–H groups in total. The molecule has 2 aliphatic rings. The number of nitrogens with zero attached hydrogens (tertiary/aromatic N) is 1. The second kappa shape index (κ2) is 8.18. The lowest BCUT2D eigenvalue weighted by Gasteiger charge is -2.24. The minimum absolute atomic E-state index is 0.0452. The quantitative estimate of drug-likeness (QED) is 0.595. The van der Waals surface area contributed by atoms with Crippen LogP contribution < -0.4 is 19.7 Å². The van der Waals surface area contributed by atoms with Gasteiger partial charge >= 0.3 is 0 Å². The Hall–Kier alpha value is -3.85. The predicted molar refractivity (Wildman–Crippen MR) is 129 cm³/mol. The van der Waals surface area contributed by atoms with Crippen LogP contribution in [-0.2, 0) is 21.2 Å². The summed E-state index contributed by atoms with van der Waals surface area (Å²) in [6, 6.07) is 18.1. The third-order valence-corrected chi connectivity index (χ3v) is 7.89. The maximum atomic E-state index is 13.5. The van der Waals surface area contributed by atoms with Gasteiger partial charge < -0.3 is 15.4 Å². The highest BCUT2D eigenvalue weighted by molar-refractivity contribution is 7.92. The molecule has 0 aliphatic carbocycles. The zero-order valence-corrected chi connectivity index (χ0v) is 19.4. The molecule has 3 aromatic rings. The third kappa shape index (κ3) is 3.77. The first kappa shape index (κ1) is 22.0. The van der Waals surface area contributed by atoms with E-state index < -0.39 is 22.0 Å². The monoisotopic (exact) mass is 477 g/mol. The molecule has 0 spiro atoms.